The van der Waals surface area contributed by atoms with E-state index >= 15 is 0 Å². The smallest absolute Gasteiger partial charge is 0.407 e. The van der Waals surface area contributed by atoms with Gasteiger partial charge in [-0.2, -0.15) is 0 Å². The minimum atomic E-state index is -0.475. The standard InChI is InChI=1S/C18H30N4O4/c1-5-25-16(23)12-22-11-15(20-21-22)14-8-6-13(7-9-14)10-19-17(24)26-18(2,3)4/h11,13-14H,5-10,12H2,1-4H3,(H,19,24). The number of alkyl carbamates (subject to hydrolysis) is 1. The molecule has 1 amide bonds. The first-order valence-corrected chi connectivity index (χ1v) is 9.29. The van der Waals surface area contributed by atoms with Gasteiger partial charge in [0.1, 0.15) is 12.1 Å². The van der Waals surface area contributed by atoms with Gasteiger partial charge < -0.3 is 14.8 Å². The molecule has 1 aliphatic rings. The summed E-state index contributed by atoms with van der Waals surface area (Å²) in [6, 6.07) is 0. The summed E-state index contributed by atoms with van der Waals surface area (Å²) in [5.74, 6) is 0.498. The van der Waals surface area contributed by atoms with Crippen LogP contribution in [0.25, 0.3) is 0 Å². The van der Waals surface area contributed by atoms with Crippen LogP contribution >= 0.6 is 0 Å². The number of carbonyl (C=O) groups is 2. The zero-order chi connectivity index (χ0) is 19.2. The van der Waals surface area contributed by atoms with Gasteiger partial charge in [0.05, 0.1) is 12.3 Å². The van der Waals surface area contributed by atoms with E-state index in [-0.39, 0.29) is 18.6 Å². The van der Waals surface area contributed by atoms with Crippen molar-refractivity contribution in [2.45, 2.75) is 71.4 Å². The van der Waals surface area contributed by atoms with E-state index < -0.39 is 5.60 Å². The van der Waals surface area contributed by atoms with Crippen LogP contribution in [0, 0.1) is 5.92 Å². The summed E-state index contributed by atoms with van der Waals surface area (Å²) >= 11 is 0. The number of carbonyl (C=O) groups excluding carboxylic acids is 2. The van der Waals surface area contributed by atoms with Gasteiger partial charge in [0, 0.05) is 18.7 Å². The number of nitrogens with one attached hydrogen (secondary N) is 1. The van der Waals surface area contributed by atoms with Crippen molar-refractivity contribution in [3.8, 4) is 0 Å². The molecule has 0 aromatic carbocycles. The highest BCUT2D eigenvalue weighted by atomic mass is 16.6. The quantitative estimate of drug-likeness (QED) is 0.778. The maximum absolute atomic E-state index is 11.7. The van der Waals surface area contributed by atoms with Crippen molar-refractivity contribution >= 4 is 12.1 Å². The van der Waals surface area contributed by atoms with Gasteiger partial charge in [-0.3, -0.25) is 4.79 Å². The molecule has 146 valence electrons. The zero-order valence-electron chi connectivity index (χ0n) is 16.2. The first-order chi connectivity index (χ1) is 12.3. The van der Waals surface area contributed by atoms with Crippen molar-refractivity contribution < 1.29 is 19.1 Å². The highest BCUT2D eigenvalue weighted by Crippen LogP contribution is 2.34. The summed E-state index contributed by atoms with van der Waals surface area (Å²) in [5.41, 5.74) is 0.449. The Kier molecular flexibility index (Phi) is 6.99. The van der Waals surface area contributed by atoms with Crippen molar-refractivity contribution in [3.63, 3.8) is 0 Å². The molecule has 1 aliphatic carbocycles. The van der Waals surface area contributed by atoms with E-state index in [4.69, 9.17) is 9.47 Å². The van der Waals surface area contributed by atoms with E-state index in [1.165, 1.54) is 4.68 Å². The molecule has 8 nitrogen and oxygen atoms in total. The lowest BCUT2D eigenvalue weighted by Gasteiger charge is -2.28. The number of rotatable bonds is 6. The Bertz CT molecular complexity index is 601. The zero-order valence-corrected chi connectivity index (χ0v) is 16.2. The van der Waals surface area contributed by atoms with Crippen LogP contribution in [0.2, 0.25) is 0 Å². The van der Waals surface area contributed by atoms with E-state index in [0.717, 1.165) is 31.4 Å². The molecule has 1 N–H and O–H groups in total. The van der Waals surface area contributed by atoms with Gasteiger partial charge in [0.15, 0.2) is 0 Å². The van der Waals surface area contributed by atoms with Crippen molar-refractivity contribution in [1.82, 2.24) is 20.3 Å². The number of hydrogen-bond acceptors (Lipinski definition) is 6. The van der Waals surface area contributed by atoms with Gasteiger partial charge in [0.2, 0.25) is 0 Å². The van der Waals surface area contributed by atoms with Gasteiger partial charge in [-0.05, 0) is 59.3 Å². The first kappa shape index (κ1) is 20.2. The van der Waals surface area contributed by atoms with E-state index in [1.807, 2.05) is 27.0 Å². The molecule has 0 radical (unpaired) electrons. The second-order valence-electron chi connectivity index (χ2n) is 7.75. The van der Waals surface area contributed by atoms with Crippen LogP contribution in [0.3, 0.4) is 0 Å². The SMILES string of the molecule is CCOC(=O)Cn1cc(C2CCC(CNC(=O)OC(C)(C)C)CC2)nn1. The van der Waals surface area contributed by atoms with Crippen molar-refractivity contribution in [2.24, 2.45) is 5.92 Å². The summed E-state index contributed by atoms with van der Waals surface area (Å²) < 4.78 is 11.7. The molecule has 1 heterocycles. The Labute approximate surface area is 154 Å². The van der Waals surface area contributed by atoms with Crippen LogP contribution in [0.4, 0.5) is 4.79 Å². The predicted molar refractivity (Wildman–Crippen MR) is 95.6 cm³/mol. The van der Waals surface area contributed by atoms with E-state index in [1.54, 1.807) is 6.92 Å². The maximum atomic E-state index is 11.7. The minimum absolute atomic E-state index is 0.0932. The summed E-state index contributed by atoms with van der Waals surface area (Å²) in [6.45, 7) is 8.43. The summed E-state index contributed by atoms with van der Waals surface area (Å²) in [5, 5.41) is 11.1. The Morgan fingerprint density at radius 3 is 2.58 bits per heavy atom. The van der Waals surface area contributed by atoms with Crippen molar-refractivity contribution in [3.05, 3.63) is 11.9 Å². The molecule has 2 rings (SSSR count). The van der Waals surface area contributed by atoms with Crippen LogP contribution < -0.4 is 5.32 Å². The van der Waals surface area contributed by atoms with Gasteiger partial charge in [0.25, 0.3) is 0 Å². The lowest BCUT2D eigenvalue weighted by Crippen LogP contribution is -2.36. The average molecular weight is 366 g/mol. The number of ether oxygens (including phenoxy) is 2. The highest BCUT2D eigenvalue weighted by molar-refractivity contribution is 5.69. The van der Waals surface area contributed by atoms with E-state index in [0.29, 0.717) is 25.0 Å². The second kappa shape index (κ2) is 9.00. The number of amides is 1. The van der Waals surface area contributed by atoms with Crippen LogP contribution in [-0.2, 0) is 20.8 Å². The molecular weight excluding hydrogens is 336 g/mol. The fourth-order valence-electron chi connectivity index (χ4n) is 3.12. The fraction of sp³-hybridized carbons (Fsp3) is 0.778. The van der Waals surface area contributed by atoms with Gasteiger partial charge in [-0.15, -0.1) is 5.10 Å². The lowest BCUT2D eigenvalue weighted by molar-refractivity contribution is -0.144. The normalized spacial score (nSPS) is 20.5. The van der Waals surface area contributed by atoms with Crippen LogP contribution in [-0.4, -0.2) is 45.8 Å². The summed E-state index contributed by atoms with van der Waals surface area (Å²) in [7, 11) is 0. The average Bonchev–Trinajstić information content (AvgIpc) is 3.00. The summed E-state index contributed by atoms with van der Waals surface area (Å²) in [4.78, 5) is 23.2. The van der Waals surface area contributed by atoms with Gasteiger partial charge in [-0.1, -0.05) is 5.21 Å². The van der Waals surface area contributed by atoms with Crippen LogP contribution in [0.15, 0.2) is 6.20 Å². The van der Waals surface area contributed by atoms with E-state index in [2.05, 4.69) is 15.6 Å². The largest absolute Gasteiger partial charge is 0.465 e. The molecule has 1 aromatic rings. The number of esters is 1. The molecule has 0 aliphatic heterocycles. The molecule has 0 saturated heterocycles. The predicted octanol–water partition coefficient (Wildman–Crippen LogP) is 2.64. The molecular formula is C18H30N4O4. The molecule has 1 fully saturated rings. The third-order valence-electron chi connectivity index (χ3n) is 4.35. The fourth-order valence-corrected chi connectivity index (χ4v) is 3.12. The maximum Gasteiger partial charge on any atom is 0.407 e. The van der Waals surface area contributed by atoms with Crippen LogP contribution in [0.1, 0.15) is 65.0 Å². The minimum Gasteiger partial charge on any atom is -0.465 e. The third-order valence-corrected chi connectivity index (χ3v) is 4.35. The van der Waals surface area contributed by atoms with Crippen LogP contribution in [0.5, 0.6) is 0 Å². The topological polar surface area (TPSA) is 95.3 Å². The molecule has 26 heavy (non-hydrogen) atoms. The van der Waals surface area contributed by atoms with Crippen molar-refractivity contribution in [1.29, 1.82) is 0 Å². The number of aromatic nitrogens is 3. The molecule has 1 saturated carbocycles. The van der Waals surface area contributed by atoms with E-state index in [9.17, 15) is 9.59 Å². The number of nitrogens with zero attached hydrogens (tertiary/aromatic N) is 3. The first-order valence-electron chi connectivity index (χ1n) is 9.29. The monoisotopic (exact) mass is 366 g/mol. The highest BCUT2D eigenvalue weighted by Gasteiger charge is 2.25. The molecule has 0 unspecified atom stereocenters. The molecule has 8 heteroatoms. The Morgan fingerprint density at radius 2 is 1.96 bits per heavy atom. The molecule has 1 aromatic heterocycles. The third kappa shape index (κ3) is 6.65. The molecule has 0 spiro atoms. The Hall–Kier alpha value is -2.12. The Balaban J connectivity index is 1.74. The summed E-state index contributed by atoms with van der Waals surface area (Å²) in [6.07, 6.45) is 5.51. The van der Waals surface area contributed by atoms with Gasteiger partial charge >= 0.3 is 12.1 Å². The second-order valence-corrected chi connectivity index (χ2v) is 7.75. The molecule has 0 bridgehead atoms. The van der Waals surface area contributed by atoms with Crippen molar-refractivity contribution in [2.75, 3.05) is 13.2 Å². The number of hydrogen-bond donors (Lipinski definition) is 1. The van der Waals surface area contributed by atoms with Gasteiger partial charge in [-0.25, -0.2) is 9.48 Å². The molecule has 0 atom stereocenters. The Morgan fingerprint density at radius 1 is 1.27 bits per heavy atom. The lowest BCUT2D eigenvalue weighted by atomic mass is 9.81.